The number of halogens is 1. The predicted octanol–water partition coefficient (Wildman–Crippen LogP) is 6.16. The number of anilines is 2. The second kappa shape index (κ2) is 10.6. The van der Waals surface area contributed by atoms with Crippen LogP contribution in [0.5, 0.6) is 5.75 Å². The van der Waals surface area contributed by atoms with Crippen LogP contribution in [0.4, 0.5) is 15.2 Å². The molecular weight excluding hydrogens is 499 g/mol. The number of para-hydroxylation sites is 1. The Balaban J connectivity index is 1.32. The number of amides is 1. The summed E-state index contributed by atoms with van der Waals surface area (Å²) in [5.41, 5.74) is 2.99. The third kappa shape index (κ3) is 5.51. The van der Waals surface area contributed by atoms with E-state index in [1.54, 1.807) is 12.3 Å². The lowest BCUT2D eigenvalue weighted by Gasteiger charge is -2.41. The molecule has 6 nitrogen and oxygen atoms in total. The number of nitrogens with zero attached hydrogens (tertiary/aromatic N) is 3. The molecule has 8 heteroatoms. The summed E-state index contributed by atoms with van der Waals surface area (Å²) in [5, 5.41) is 3.68. The Morgan fingerprint density at radius 2 is 1.82 bits per heavy atom. The van der Waals surface area contributed by atoms with Crippen LogP contribution in [0.2, 0.25) is 0 Å². The largest absolute Gasteiger partial charge is 0.482 e. The van der Waals surface area contributed by atoms with E-state index in [1.165, 1.54) is 28.5 Å². The Morgan fingerprint density at radius 3 is 2.50 bits per heavy atom. The van der Waals surface area contributed by atoms with Crippen molar-refractivity contribution >= 4 is 28.1 Å². The van der Waals surface area contributed by atoms with E-state index in [-0.39, 0.29) is 17.1 Å². The molecule has 38 heavy (non-hydrogen) atoms. The molecular formula is C30H37FN4O2S. The number of nitrogens with one attached hydrogen (secondary N) is 1. The van der Waals surface area contributed by atoms with Crippen LogP contribution in [-0.2, 0) is 12.0 Å². The van der Waals surface area contributed by atoms with E-state index in [2.05, 4.69) is 65.1 Å². The molecule has 1 N–H and O–H groups in total. The molecule has 0 bridgehead atoms. The average molecular weight is 537 g/mol. The van der Waals surface area contributed by atoms with Crippen LogP contribution in [0.25, 0.3) is 0 Å². The number of carbonyl (C=O) groups excluding carboxylic acids is 1. The zero-order valence-electron chi connectivity index (χ0n) is 22.7. The van der Waals surface area contributed by atoms with Gasteiger partial charge in [-0.2, -0.15) is 0 Å². The van der Waals surface area contributed by atoms with Crippen LogP contribution >= 0.6 is 11.3 Å². The smallest absolute Gasteiger partial charge is 0.263 e. The Kier molecular flexibility index (Phi) is 7.36. The Labute approximate surface area is 228 Å². The number of aromatic nitrogens is 1. The molecule has 0 unspecified atom stereocenters. The van der Waals surface area contributed by atoms with Gasteiger partial charge in [0.1, 0.15) is 10.5 Å². The fraction of sp³-hybridized carbons (Fsp3) is 0.467. The quantitative estimate of drug-likeness (QED) is 0.423. The molecule has 2 aliphatic rings. The number of carbonyl (C=O) groups is 1. The van der Waals surface area contributed by atoms with E-state index in [4.69, 9.17) is 4.74 Å². The minimum Gasteiger partial charge on any atom is -0.482 e. The molecule has 1 saturated heterocycles. The lowest BCUT2D eigenvalue weighted by molar-refractivity contribution is 0.0375. The fourth-order valence-electron chi connectivity index (χ4n) is 5.29. The number of benzene rings is 2. The highest BCUT2D eigenvalue weighted by molar-refractivity contribution is 7.17. The van der Waals surface area contributed by atoms with Crippen molar-refractivity contribution in [3.8, 4) is 5.75 Å². The molecule has 1 aromatic heterocycles. The molecule has 0 radical (unpaired) electrons. The van der Waals surface area contributed by atoms with Gasteiger partial charge in [-0.05, 0) is 35.6 Å². The molecule has 2 aliphatic heterocycles. The number of hydrogen-bond donors (Lipinski definition) is 1. The maximum absolute atomic E-state index is 15.2. The van der Waals surface area contributed by atoms with Crippen molar-refractivity contribution in [1.29, 1.82) is 0 Å². The van der Waals surface area contributed by atoms with Crippen molar-refractivity contribution in [2.75, 3.05) is 36.0 Å². The van der Waals surface area contributed by atoms with Gasteiger partial charge in [0, 0.05) is 52.0 Å². The summed E-state index contributed by atoms with van der Waals surface area (Å²) in [6.45, 7) is 12.1. The van der Waals surface area contributed by atoms with Gasteiger partial charge in [0.25, 0.3) is 5.91 Å². The first-order valence-electron chi connectivity index (χ1n) is 13.5. The van der Waals surface area contributed by atoms with Crippen molar-refractivity contribution in [3.63, 3.8) is 0 Å². The number of ether oxygens (including phenoxy) is 1. The maximum Gasteiger partial charge on any atom is 0.263 e. The first-order valence-corrected chi connectivity index (χ1v) is 14.3. The van der Waals surface area contributed by atoms with Gasteiger partial charge < -0.3 is 19.9 Å². The second-order valence-corrected chi connectivity index (χ2v) is 12.4. The first-order chi connectivity index (χ1) is 18.2. The molecule has 202 valence electrons. The summed E-state index contributed by atoms with van der Waals surface area (Å²) in [5.74, 6) is -0.0413. The van der Waals surface area contributed by atoms with Crippen LogP contribution in [-0.4, -0.2) is 42.7 Å². The van der Waals surface area contributed by atoms with E-state index in [0.29, 0.717) is 23.7 Å². The lowest BCUT2D eigenvalue weighted by Crippen LogP contribution is -2.48. The molecule has 1 fully saturated rings. The molecule has 0 saturated carbocycles. The zero-order valence-corrected chi connectivity index (χ0v) is 23.5. The third-order valence-corrected chi connectivity index (χ3v) is 8.69. The van der Waals surface area contributed by atoms with E-state index in [9.17, 15) is 4.79 Å². The van der Waals surface area contributed by atoms with Gasteiger partial charge in [0.15, 0.2) is 16.7 Å². The lowest BCUT2D eigenvalue weighted by atomic mass is 9.86. The van der Waals surface area contributed by atoms with Gasteiger partial charge in [-0.3, -0.25) is 4.79 Å². The van der Waals surface area contributed by atoms with Gasteiger partial charge in [0.05, 0.1) is 11.9 Å². The van der Waals surface area contributed by atoms with Crippen molar-refractivity contribution in [1.82, 2.24) is 10.3 Å². The number of fused-ring (bicyclic) bond motifs is 1. The summed E-state index contributed by atoms with van der Waals surface area (Å²) in [4.78, 5) is 21.8. The van der Waals surface area contributed by atoms with Crippen LogP contribution in [0.1, 0.15) is 67.8 Å². The van der Waals surface area contributed by atoms with E-state index < -0.39 is 5.60 Å². The Morgan fingerprint density at radius 1 is 1.11 bits per heavy atom. The van der Waals surface area contributed by atoms with Crippen molar-refractivity contribution in [2.45, 2.75) is 64.5 Å². The highest BCUT2D eigenvalue weighted by atomic mass is 32.1. The predicted molar refractivity (Wildman–Crippen MR) is 152 cm³/mol. The molecule has 1 amide bonds. The summed E-state index contributed by atoms with van der Waals surface area (Å²) in [6.07, 6.45) is 4.00. The maximum atomic E-state index is 15.2. The number of thiazole rings is 1. The van der Waals surface area contributed by atoms with Crippen LogP contribution < -0.4 is 19.9 Å². The molecule has 0 aliphatic carbocycles. The summed E-state index contributed by atoms with van der Waals surface area (Å²) >= 11 is 1.42. The number of piperidine rings is 1. The van der Waals surface area contributed by atoms with Crippen molar-refractivity contribution < 1.29 is 13.9 Å². The fourth-order valence-corrected chi connectivity index (χ4v) is 6.17. The SMILES string of the molecule is CCNC(=O)c1cnc(N2CCC3(CC2)CCN(Cc2ccc(C(C)(C)C)cc2)c2cccc(F)c2O3)s1. The molecule has 3 heterocycles. The molecule has 3 aromatic rings. The van der Waals surface area contributed by atoms with Crippen molar-refractivity contribution in [2.24, 2.45) is 0 Å². The molecule has 5 rings (SSSR count). The summed E-state index contributed by atoms with van der Waals surface area (Å²) in [6, 6.07) is 14.0. The normalized spacial score (nSPS) is 17.1. The average Bonchev–Trinajstić information content (AvgIpc) is 3.33. The van der Waals surface area contributed by atoms with Gasteiger partial charge >= 0.3 is 0 Å². The third-order valence-electron chi connectivity index (χ3n) is 7.64. The molecule has 1 spiro atoms. The first kappa shape index (κ1) is 26.5. The van der Waals surface area contributed by atoms with Crippen molar-refractivity contribution in [3.05, 3.63) is 70.5 Å². The monoisotopic (exact) mass is 536 g/mol. The zero-order chi connectivity index (χ0) is 26.9. The Bertz CT molecular complexity index is 1280. The Hall–Kier alpha value is -3.13. The topological polar surface area (TPSA) is 57.7 Å². The minimum absolute atomic E-state index is 0.0861. The van der Waals surface area contributed by atoms with E-state index in [1.807, 2.05) is 13.0 Å². The molecule has 2 aromatic carbocycles. The van der Waals surface area contributed by atoms with Crippen LogP contribution in [0.15, 0.2) is 48.7 Å². The standard InChI is InChI=1S/C30H37FN4O2S/c1-5-32-27(36)25-19-33-28(38-25)34-16-13-30(14-17-34)15-18-35(24-8-6-7-23(31)26(24)37-30)20-21-9-11-22(12-10-21)29(2,3)4/h6-12,19H,5,13-18,20H2,1-4H3,(H,32,36). The summed E-state index contributed by atoms with van der Waals surface area (Å²) < 4.78 is 21.7. The van der Waals surface area contributed by atoms with E-state index >= 15 is 4.39 Å². The van der Waals surface area contributed by atoms with Gasteiger partial charge in [-0.25, -0.2) is 9.37 Å². The van der Waals surface area contributed by atoms with Gasteiger partial charge in [-0.1, -0.05) is 62.4 Å². The second-order valence-electron chi connectivity index (χ2n) is 11.3. The van der Waals surface area contributed by atoms with E-state index in [0.717, 1.165) is 49.7 Å². The van der Waals surface area contributed by atoms with Gasteiger partial charge in [0.2, 0.25) is 0 Å². The van der Waals surface area contributed by atoms with Crippen LogP contribution in [0.3, 0.4) is 0 Å². The highest BCUT2D eigenvalue weighted by Gasteiger charge is 2.41. The van der Waals surface area contributed by atoms with Gasteiger partial charge in [-0.15, -0.1) is 0 Å². The number of hydrogen-bond acceptors (Lipinski definition) is 6. The number of rotatable bonds is 5. The molecule has 0 atom stereocenters. The highest BCUT2D eigenvalue weighted by Crippen LogP contribution is 2.43. The summed E-state index contributed by atoms with van der Waals surface area (Å²) in [7, 11) is 0. The van der Waals surface area contributed by atoms with Crippen LogP contribution in [0, 0.1) is 5.82 Å². The minimum atomic E-state index is -0.433.